The molecule has 16 heavy (non-hydrogen) atoms. The molecule has 3 nitrogen and oxygen atoms in total. The third kappa shape index (κ3) is 2.61. The van der Waals surface area contributed by atoms with E-state index in [-0.39, 0.29) is 17.2 Å². The monoisotopic (exact) mass is 240 g/mol. The number of thiazole rings is 1. The minimum atomic E-state index is -0.0308. The first kappa shape index (κ1) is 13.2. The van der Waals surface area contributed by atoms with E-state index in [0.29, 0.717) is 0 Å². The van der Waals surface area contributed by atoms with Crippen molar-refractivity contribution >= 4 is 17.2 Å². The van der Waals surface area contributed by atoms with E-state index in [1.165, 1.54) is 11.3 Å². The summed E-state index contributed by atoms with van der Waals surface area (Å²) in [4.78, 5) is 17.1. The van der Waals surface area contributed by atoms with Gasteiger partial charge in [-0.05, 0) is 5.92 Å². The lowest BCUT2D eigenvalue weighted by molar-refractivity contribution is 0.0965. The molecule has 0 fully saturated rings. The zero-order valence-electron chi connectivity index (χ0n) is 10.8. The van der Waals surface area contributed by atoms with Crippen LogP contribution in [0.15, 0.2) is 0 Å². The number of hydrogen-bond donors (Lipinski definition) is 1. The van der Waals surface area contributed by atoms with Gasteiger partial charge in [-0.1, -0.05) is 34.6 Å². The summed E-state index contributed by atoms with van der Waals surface area (Å²) in [5.74, 6) is 0.247. The fourth-order valence-electron chi connectivity index (χ4n) is 1.32. The Morgan fingerprint density at radius 1 is 1.38 bits per heavy atom. The molecule has 90 valence electrons. The van der Waals surface area contributed by atoms with Crippen molar-refractivity contribution < 1.29 is 4.79 Å². The Kier molecular flexibility index (Phi) is 3.73. The summed E-state index contributed by atoms with van der Waals surface area (Å²) >= 11 is 1.50. The summed E-state index contributed by atoms with van der Waals surface area (Å²) in [5, 5.41) is 3.70. The quantitative estimate of drug-likeness (QED) is 0.863. The van der Waals surface area contributed by atoms with Gasteiger partial charge in [-0.2, -0.15) is 0 Å². The largest absolute Gasteiger partial charge is 0.354 e. The van der Waals surface area contributed by atoms with Crippen LogP contribution < -0.4 is 5.32 Å². The Bertz CT molecular complexity index is 388. The average Bonchev–Trinajstić information content (AvgIpc) is 2.60. The fourth-order valence-corrected chi connectivity index (χ4v) is 2.54. The van der Waals surface area contributed by atoms with Crippen molar-refractivity contribution in [1.29, 1.82) is 0 Å². The summed E-state index contributed by atoms with van der Waals surface area (Å²) in [7, 11) is 1.66. The highest BCUT2D eigenvalue weighted by Gasteiger charge is 2.25. The fraction of sp³-hybridized carbons (Fsp3) is 0.667. The standard InChI is InChI=1S/C12H20N2OS/c1-7(2)8-9(10(15)13-6)16-11(14-8)12(3,4)5/h7H,1-6H3,(H,13,15). The maximum absolute atomic E-state index is 11.7. The van der Waals surface area contributed by atoms with Crippen molar-refractivity contribution in [2.45, 2.75) is 46.0 Å². The molecule has 1 amide bonds. The van der Waals surface area contributed by atoms with Gasteiger partial charge in [0, 0.05) is 12.5 Å². The molecule has 1 rings (SSSR count). The van der Waals surface area contributed by atoms with Gasteiger partial charge in [-0.3, -0.25) is 4.79 Å². The van der Waals surface area contributed by atoms with Gasteiger partial charge in [0.15, 0.2) is 0 Å². The number of carbonyl (C=O) groups excluding carboxylic acids is 1. The molecule has 0 aliphatic carbocycles. The lowest BCUT2D eigenvalue weighted by atomic mass is 9.98. The van der Waals surface area contributed by atoms with Crippen LogP contribution >= 0.6 is 11.3 Å². The van der Waals surface area contributed by atoms with Gasteiger partial charge in [0.25, 0.3) is 5.91 Å². The van der Waals surface area contributed by atoms with E-state index in [4.69, 9.17) is 0 Å². The molecule has 0 bridgehead atoms. The first-order chi connectivity index (χ1) is 7.27. The van der Waals surface area contributed by atoms with Gasteiger partial charge in [0.2, 0.25) is 0 Å². The van der Waals surface area contributed by atoms with Crippen molar-refractivity contribution in [3.8, 4) is 0 Å². The van der Waals surface area contributed by atoms with Crippen molar-refractivity contribution in [3.05, 3.63) is 15.6 Å². The Morgan fingerprint density at radius 3 is 2.31 bits per heavy atom. The molecule has 0 radical (unpaired) electrons. The molecular formula is C12H20N2OS. The molecule has 4 heteroatoms. The molecule has 0 aromatic carbocycles. The molecule has 0 saturated carbocycles. The van der Waals surface area contributed by atoms with E-state index in [9.17, 15) is 4.79 Å². The second kappa shape index (κ2) is 4.53. The summed E-state index contributed by atoms with van der Waals surface area (Å²) < 4.78 is 0. The molecule has 0 aliphatic rings. The normalized spacial score (nSPS) is 11.9. The summed E-state index contributed by atoms with van der Waals surface area (Å²) in [6.07, 6.45) is 0. The zero-order chi connectivity index (χ0) is 12.5. The Labute approximate surface area is 101 Å². The minimum absolute atomic E-state index is 0.000574. The SMILES string of the molecule is CNC(=O)c1sc(C(C)(C)C)nc1C(C)C. The zero-order valence-corrected chi connectivity index (χ0v) is 11.7. The number of aromatic nitrogens is 1. The summed E-state index contributed by atoms with van der Waals surface area (Å²) in [6, 6.07) is 0. The molecule has 0 saturated heterocycles. The van der Waals surface area contributed by atoms with E-state index < -0.39 is 0 Å². The van der Waals surface area contributed by atoms with Crippen molar-refractivity contribution in [2.24, 2.45) is 0 Å². The van der Waals surface area contributed by atoms with Crippen molar-refractivity contribution in [1.82, 2.24) is 10.3 Å². The highest BCUT2D eigenvalue weighted by atomic mass is 32.1. The number of nitrogens with one attached hydrogen (secondary N) is 1. The van der Waals surface area contributed by atoms with E-state index in [1.54, 1.807) is 7.05 Å². The molecule has 0 spiro atoms. The third-order valence-electron chi connectivity index (χ3n) is 2.28. The molecule has 0 aliphatic heterocycles. The molecule has 1 aromatic heterocycles. The smallest absolute Gasteiger partial charge is 0.263 e. The van der Waals surface area contributed by atoms with Crippen LogP contribution in [0.1, 0.15) is 60.9 Å². The summed E-state index contributed by atoms with van der Waals surface area (Å²) in [5.41, 5.74) is 0.912. The van der Waals surface area contributed by atoms with Gasteiger partial charge < -0.3 is 5.32 Å². The number of nitrogens with zero attached hydrogens (tertiary/aromatic N) is 1. The van der Waals surface area contributed by atoms with Gasteiger partial charge in [0.05, 0.1) is 10.7 Å². The molecule has 1 N–H and O–H groups in total. The van der Waals surface area contributed by atoms with Crippen molar-refractivity contribution in [2.75, 3.05) is 7.05 Å². The highest BCUT2D eigenvalue weighted by Crippen LogP contribution is 2.32. The Morgan fingerprint density at radius 2 is 1.94 bits per heavy atom. The molecule has 1 aromatic rings. The van der Waals surface area contributed by atoms with E-state index in [2.05, 4.69) is 44.9 Å². The van der Waals surface area contributed by atoms with Crippen LogP contribution in [0.4, 0.5) is 0 Å². The Balaban J connectivity index is 3.26. The lowest BCUT2D eigenvalue weighted by Gasteiger charge is -2.13. The minimum Gasteiger partial charge on any atom is -0.354 e. The first-order valence-electron chi connectivity index (χ1n) is 5.50. The van der Waals surface area contributed by atoms with E-state index in [0.717, 1.165) is 15.6 Å². The van der Waals surface area contributed by atoms with Crippen LogP contribution in [0.5, 0.6) is 0 Å². The van der Waals surface area contributed by atoms with Crippen LogP contribution in [-0.2, 0) is 5.41 Å². The maximum atomic E-state index is 11.7. The van der Waals surface area contributed by atoms with Gasteiger partial charge in [-0.25, -0.2) is 4.98 Å². The highest BCUT2D eigenvalue weighted by molar-refractivity contribution is 7.14. The van der Waals surface area contributed by atoms with Gasteiger partial charge >= 0.3 is 0 Å². The van der Waals surface area contributed by atoms with Crippen LogP contribution in [0, 0.1) is 0 Å². The summed E-state index contributed by atoms with van der Waals surface area (Å²) in [6.45, 7) is 10.5. The van der Waals surface area contributed by atoms with Crippen LogP contribution in [0.3, 0.4) is 0 Å². The number of hydrogen-bond acceptors (Lipinski definition) is 3. The molecule has 1 heterocycles. The molecule has 0 unspecified atom stereocenters. The van der Waals surface area contributed by atoms with E-state index in [1.807, 2.05) is 0 Å². The second-order valence-electron chi connectivity index (χ2n) is 5.22. The lowest BCUT2D eigenvalue weighted by Crippen LogP contribution is -2.18. The number of carbonyl (C=O) groups is 1. The topological polar surface area (TPSA) is 42.0 Å². The van der Waals surface area contributed by atoms with E-state index >= 15 is 0 Å². The van der Waals surface area contributed by atoms with Crippen LogP contribution in [0.25, 0.3) is 0 Å². The number of rotatable bonds is 2. The maximum Gasteiger partial charge on any atom is 0.263 e. The predicted octanol–water partition coefficient (Wildman–Crippen LogP) is 2.92. The second-order valence-corrected chi connectivity index (χ2v) is 6.22. The van der Waals surface area contributed by atoms with Gasteiger partial charge in [0.1, 0.15) is 4.88 Å². The Hall–Kier alpha value is -0.900. The number of amides is 1. The predicted molar refractivity (Wildman–Crippen MR) is 68.3 cm³/mol. The first-order valence-corrected chi connectivity index (χ1v) is 6.32. The van der Waals surface area contributed by atoms with Gasteiger partial charge in [-0.15, -0.1) is 11.3 Å². The molecule has 0 atom stereocenters. The van der Waals surface area contributed by atoms with Crippen molar-refractivity contribution in [3.63, 3.8) is 0 Å². The van der Waals surface area contributed by atoms with Crippen LogP contribution in [-0.4, -0.2) is 17.9 Å². The third-order valence-corrected chi connectivity index (χ3v) is 3.77. The van der Waals surface area contributed by atoms with Crippen LogP contribution in [0.2, 0.25) is 0 Å². The average molecular weight is 240 g/mol. The molecular weight excluding hydrogens is 220 g/mol.